The normalized spacial score (nSPS) is 16.0. The molecule has 1 aliphatic heterocycles. The Balaban J connectivity index is 1.47. The summed E-state index contributed by atoms with van der Waals surface area (Å²) in [5, 5.41) is 7.74. The maximum Gasteiger partial charge on any atom is 0.260 e. The summed E-state index contributed by atoms with van der Waals surface area (Å²) >= 11 is 6.57. The van der Waals surface area contributed by atoms with Crippen LogP contribution in [0.2, 0.25) is 5.15 Å². The van der Waals surface area contributed by atoms with Gasteiger partial charge in [-0.2, -0.15) is 5.10 Å². The first-order valence-corrected chi connectivity index (χ1v) is 11.3. The molecule has 4 rings (SSSR count). The third-order valence-corrected chi connectivity index (χ3v) is 5.96. The van der Waals surface area contributed by atoms with Gasteiger partial charge in [0.25, 0.3) is 5.91 Å². The zero-order valence-electron chi connectivity index (χ0n) is 18.4. The van der Waals surface area contributed by atoms with Crippen molar-refractivity contribution < 1.29 is 14.3 Å². The lowest BCUT2D eigenvalue weighted by Crippen LogP contribution is -2.26. The van der Waals surface area contributed by atoms with Crippen molar-refractivity contribution in [2.75, 3.05) is 18.5 Å². The molecule has 6 nitrogen and oxygen atoms in total. The highest BCUT2D eigenvalue weighted by Crippen LogP contribution is 2.28. The Hall–Kier alpha value is -2.83. The van der Waals surface area contributed by atoms with Crippen molar-refractivity contribution in [3.8, 4) is 5.75 Å². The van der Waals surface area contributed by atoms with Gasteiger partial charge >= 0.3 is 0 Å². The van der Waals surface area contributed by atoms with Gasteiger partial charge in [0, 0.05) is 6.61 Å². The van der Waals surface area contributed by atoms with Crippen molar-refractivity contribution in [3.63, 3.8) is 0 Å². The van der Waals surface area contributed by atoms with Crippen LogP contribution in [0.25, 0.3) is 0 Å². The van der Waals surface area contributed by atoms with Crippen LogP contribution in [-0.4, -0.2) is 35.0 Å². The Morgan fingerprint density at radius 3 is 2.72 bits per heavy atom. The second-order valence-electron chi connectivity index (χ2n) is 8.14. The fourth-order valence-electron chi connectivity index (χ4n) is 3.78. The fourth-order valence-corrected chi connectivity index (χ4v) is 4.10. The number of aromatic nitrogens is 2. The summed E-state index contributed by atoms with van der Waals surface area (Å²) < 4.78 is 13.4. The molecule has 32 heavy (non-hydrogen) atoms. The average Bonchev–Trinajstić information content (AvgIpc) is 3.08. The predicted molar refractivity (Wildman–Crippen MR) is 126 cm³/mol. The second-order valence-corrected chi connectivity index (χ2v) is 8.50. The van der Waals surface area contributed by atoms with Crippen molar-refractivity contribution in [2.24, 2.45) is 0 Å². The van der Waals surface area contributed by atoms with Crippen LogP contribution in [0.3, 0.4) is 0 Å². The van der Waals surface area contributed by atoms with Crippen LogP contribution in [0.4, 0.5) is 5.69 Å². The van der Waals surface area contributed by atoms with Crippen molar-refractivity contribution in [3.05, 3.63) is 76.1 Å². The van der Waals surface area contributed by atoms with Gasteiger partial charge in [-0.3, -0.25) is 4.79 Å². The van der Waals surface area contributed by atoms with Gasteiger partial charge in [-0.05, 0) is 50.8 Å². The first kappa shape index (κ1) is 22.4. The van der Waals surface area contributed by atoms with Crippen molar-refractivity contribution in [1.82, 2.24) is 9.78 Å². The van der Waals surface area contributed by atoms with Crippen molar-refractivity contribution in [1.29, 1.82) is 0 Å². The number of hydrogen-bond donors (Lipinski definition) is 1. The molecule has 168 valence electrons. The van der Waals surface area contributed by atoms with E-state index < -0.39 is 0 Å². The molecular formula is C25H28ClN3O3. The highest BCUT2D eigenvalue weighted by molar-refractivity contribution is 6.33. The molecule has 1 atom stereocenters. The van der Waals surface area contributed by atoms with Crippen LogP contribution in [0.5, 0.6) is 5.75 Å². The van der Waals surface area contributed by atoms with E-state index in [2.05, 4.69) is 10.4 Å². The number of benzene rings is 2. The molecular weight excluding hydrogens is 426 g/mol. The highest BCUT2D eigenvalue weighted by Gasteiger charge is 2.22. The van der Waals surface area contributed by atoms with Gasteiger partial charge in [0.2, 0.25) is 0 Å². The van der Waals surface area contributed by atoms with Gasteiger partial charge in [-0.1, -0.05) is 53.6 Å². The number of hydrogen-bond acceptors (Lipinski definition) is 4. The number of aryl methyl sites for hydroxylation is 2. The quantitative estimate of drug-likeness (QED) is 0.520. The number of carbonyl (C=O) groups is 1. The minimum absolute atomic E-state index is 0.0872. The van der Waals surface area contributed by atoms with Gasteiger partial charge in [-0.15, -0.1) is 0 Å². The first-order chi connectivity index (χ1) is 15.5. The van der Waals surface area contributed by atoms with Crippen LogP contribution >= 0.6 is 11.6 Å². The topological polar surface area (TPSA) is 65.4 Å². The van der Waals surface area contributed by atoms with Crippen LogP contribution < -0.4 is 10.1 Å². The molecule has 1 N–H and O–H groups in total. The summed E-state index contributed by atoms with van der Waals surface area (Å²) in [7, 11) is 0. The molecule has 0 radical (unpaired) electrons. The van der Waals surface area contributed by atoms with E-state index in [9.17, 15) is 4.79 Å². The predicted octanol–water partition coefficient (Wildman–Crippen LogP) is 5.40. The molecule has 1 aliphatic rings. The fraction of sp³-hybridized carbons (Fsp3) is 0.360. The van der Waals surface area contributed by atoms with Crippen molar-refractivity contribution in [2.45, 2.75) is 45.8 Å². The number of nitrogens with one attached hydrogen (secondary N) is 1. The number of amides is 1. The lowest BCUT2D eigenvalue weighted by atomic mass is 10.1. The van der Waals surface area contributed by atoms with Crippen LogP contribution in [0, 0.1) is 13.8 Å². The van der Waals surface area contributed by atoms with E-state index in [1.807, 2.05) is 55.5 Å². The Labute approximate surface area is 193 Å². The van der Waals surface area contributed by atoms with Gasteiger partial charge < -0.3 is 14.8 Å². The van der Waals surface area contributed by atoms with Crippen LogP contribution in [-0.2, 0) is 11.3 Å². The Morgan fingerprint density at radius 1 is 1.19 bits per heavy atom. The summed E-state index contributed by atoms with van der Waals surface area (Å²) in [4.78, 5) is 13.1. The zero-order valence-corrected chi connectivity index (χ0v) is 19.2. The van der Waals surface area contributed by atoms with Crippen LogP contribution in [0.15, 0.2) is 48.5 Å². The molecule has 0 aliphatic carbocycles. The van der Waals surface area contributed by atoms with E-state index in [4.69, 9.17) is 21.1 Å². The molecule has 0 spiro atoms. The van der Waals surface area contributed by atoms with E-state index in [0.717, 1.165) is 31.4 Å². The van der Waals surface area contributed by atoms with E-state index >= 15 is 0 Å². The van der Waals surface area contributed by atoms with Gasteiger partial charge in [0.1, 0.15) is 17.5 Å². The molecule has 1 unspecified atom stereocenters. The summed E-state index contributed by atoms with van der Waals surface area (Å²) in [6, 6.07) is 15.5. The maximum atomic E-state index is 13.1. The number of carbonyl (C=O) groups excluding carboxylic acids is 1. The number of nitrogens with zero attached hydrogens (tertiary/aromatic N) is 2. The molecule has 0 bridgehead atoms. The van der Waals surface area contributed by atoms with Crippen molar-refractivity contribution >= 4 is 23.2 Å². The number of rotatable bonds is 7. The third kappa shape index (κ3) is 5.31. The molecule has 2 aromatic carbocycles. The second kappa shape index (κ2) is 10.2. The minimum Gasteiger partial charge on any atom is -0.489 e. The SMILES string of the molecule is Cc1ccc(Cn2nc(C)c(C(=O)Nc3ccccc3OCC3CCCCO3)c2Cl)cc1. The molecule has 2 heterocycles. The molecule has 0 saturated carbocycles. The van der Waals surface area contributed by atoms with Crippen LogP contribution in [0.1, 0.15) is 46.4 Å². The lowest BCUT2D eigenvalue weighted by molar-refractivity contribution is -0.0109. The Morgan fingerprint density at radius 2 is 1.97 bits per heavy atom. The first-order valence-electron chi connectivity index (χ1n) is 10.9. The molecule has 3 aromatic rings. The monoisotopic (exact) mass is 453 g/mol. The summed E-state index contributed by atoms with van der Waals surface area (Å²) in [6.07, 6.45) is 3.32. The molecule has 1 aromatic heterocycles. The minimum atomic E-state index is -0.312. The molecule has 1 saturated heterocycles. The number of para-hydroxylation sites is 2. The van der Waals surface area contributed by atoms with Gasteiger partial charge in [0.05, 0.1) is 29.6 Å². The Bertz CT molecular complexity index is 1070. The lowest BCUT2D eigenvalue weighted by Gasteiger charge is -2.23. The summed E-state index contributed by atoms with van der Waals surface area (Å²) in [6.45, 7) is 5.56. The van der Waals surface area contributed by atoms with Gasteiger partial charge in [-0.25, -0.2) is 4.68 Å². The maximum absolute atomic E-state index is 13.1. The smallest absolute Gasteiger partial charge is 0.260 e. The van der Waals surface area contributed by atoms with Gasteiger partial charge in [0.15, 0.2) is 0 Å². The van der Waals surface area contributed by atoms with E-state index in [1.54, 1.807) is 11.6 Å². The average molecular weight is 454 g/mol. The largest absolute Gasteiger partial charge is 0.489 e. The molecule has 1 fully saturated rings. The number of anilines is 1. The Kier molecular flexibility index (Phi) is 7.12. The summed E-state index contributed by atoms with van der Waals surface area (Å²) in [5.41, 5.74) is 3.79. The molecule has 7 heteroatoms. The van der Waals surface area contributed by atoms with E-state index in [1.165, 1.54) is 5.56 Å². The number of halogens is 1. The number of ether oxygens (including phenoxy) is 2. The van der Waals surface area contributed by atoms with E-state index in [0.29, 0.717) is 41.0 Å². The molecule has 1 amide bonds. The van der Waals surface area contributed by atoms with E-state index in [-0.39, 0.29) is 12.0 Å². The third-order valence-electron chi connectivity index (χ3n) is 5.58. The highest BCUT2D eigenvalue weighted by atomic mass is 35.5. The zero-order chi connectivity index (χ0) is 22.5. The standard InChI is InChI=1S/C25H28ClN3O3/c1-17-10-12-19(13-11-17)15-29-24(26)23(18(2)28-29)25(30)27-21-8-3-4-9-22(21)32-16-20-7-5-6-14-31-20/h3-4,8-13,20H,5-7,14-16H2,1-2H3,(H,27,30). The summed E-state index contributed by atoms with van der Waals surface area (Å²) in [5.74, 6) is 0.295.